The van der Waals surface area contributed by atoms with Crippen LogP contribution in [0.3, 0.4) is 0 Å². The van der Waals surface area contributed by atoms with E-state index >= 15 is 0 Å². The van der Waals surface area contributed by atoms with Crippen molar-refractivity contribution in [2.45, 2.75) is 40.8 Å². The van der Waals surface area contributed by atoms with E-state index in [0.717, 1.165) is 17.6 Å². The number of aryl methyl sites for hydroxylation is 1. The van der Waals surface area contributed by atoms with Gasteiger partial charge in [-0.25, -0.2) is 4.39 Å². The molecule has 0 aliphatic heterocycles. The van der Waals surface area contributed by atoms with Crippen molar-refractivity contribution in [2.75, 3.05) is 0 Å². The van der Waals surface area contributed by atoms with E-state index in [9.17, 15) is 17.6 Å². The number of fused-ring (bicyclic) bond motifs is 1. The van der Waals surface area contributed by atoms with Crippen LogP contribution >= 0.6 is 11.5 Å². The third kappa shape index (κ3) is 4.16. The molecule has 0 amide bonds. The minimum Gasteiger partial charge on any atom is -0.207 e. The molecule has 0 bridgehead atoms. The van der Waals surface area contributed by atoms with Gasteiger partial charge in [0.05, 0.1) is 16.0 Å². The van der Waals surface area contributed by atoms with Crippen LogP contribution in [0.5, 0.6) is 0 Å². The number of hydrogen-bond donors (Lipinski definition) is 0. The van der Waals surface area contributed by atoms with Gasteiger partial charge in [-0.1, -0.05) is 27.7 Å². The Hall–Kier alpha value is -1.17. The lowest BCUT2D eigenvalue weighted by atomic mass is 10.1. The van der Waals surface area contributed by atoms with E-state index in [4.69, 9.17) is 0 Å². The summed E-state index contributed by atoms with van der Waals surface area (Å²) < 4.78 is 54.3. The first-order chi connectivity index (χ1) is 8.89. The van der Waals surface area contributed by atoms with Crippen LogP contribution in [0.4, 0.5) is 17.6 Å². The largest absolute Gasteiger partial charge is 0.417 e. The highest BCUT2D eigenvalue weighted by Gasteiger charge is 2.34. The zero-order valence-corrected chi connectivity index (χ0v) is 12.3. The number of benzene rings is 1. The monoisotopic (exact) mass is 295 g/mol. The summed E-state index contributed by atoms with van der Waals surface area (Å²) in [7, 11) is 0. The van der Waals surface area contributed by atoms with Gasteiger partial charge in [-0.15, -0.1) is 0 Å². The fraction of sp³-hybridized carbons (Fsp3) is 0.462. The molecule has 0 fully saturated rings. The molecule has 0 N–H and O–H groups in total. The van der Waals surface area contributed by atoms with Crippen LogP contribution in [0.2, 0.25) is 0 Å². The summed E-state index contributed by atoms with van der Waals surface area (Å²) in [5.74, 6) is -0.891. The van der Waals surface area contributed by atoms with Crippen LogP contribution in [0.1, 0.15) is 39.0 Å². The number of hydrogen-bond acceptors (Lipinski definition) is 2. The molecule has 0 spiro atoms. The Morgan fingerprint density at radius 1 is 1.05 bits per heavy atom. The molecular weight excluding hydrogens is 278 g/mol. The number of nitrogens with zero attached hydrogens (tertiary/aromatic N) is 1. The van der Waals surface area contributed by atoms with Crippen LogP contribution in [0, 0.1) is 12.7 Å². The number of aromatic nitrogens is 1. The maximum Gasteiger partial charge on any atom is 0.417 e. The van der Waals surface area contributed by atoms with E-state index in [1.54, 1.807) is 6.92 Å². The molecule has 0 atom stereocenters. The number of rotatable bonds is 0. The number of halogens is 4. The Morgan fingerprint density at radius 2 is 1.58 bits per heavy atom. The van der Waals surface area contributed by atoms with Gasteiger partial charge >= 0.3 is 6.18 Å². The highest BCUT2D eigenvalue weighted by Crippen LogP contribution is 2.38. The zero-order chi connectivity index (χ0) is 15.2. The van der Waals surface area contributed by atoms with E-state index in [2.05, 4.69) is 4.37 Å². The fourth-order valence-electron chi connectivity index (χ4n) is 1.33. The second kappa shape index (κ2) is 7.43. The molecule has 2 rings (SSSR count). The summed E-state index contributed by atoms with van der Waals surface area (Å²) in [5.41, 5.74) is -0.539. The van der Waals surface area contributed by atoms with Crippen LogP contribution in [0.25, 0.3) is 10.1 Å². The minimum absolute atomic E-state index is 0.0126. The molecule has 2 aromatic rings. The predicted molar refractivity (Wildman–Crippen MR) is 72.0 cm³/mol. The second-order valence-corrected chi connectivity index (χ2v) is 3.87. The molecule has 1 aromatic heterocycles. The first-order valence-electron chi connectivity index (χ1n) is 6.02. The van der Waals surface area contributed by atoms with Crippen LogP contribution < -0.4 is 0 Å². The standard InChI is InChI=1S/C9H5F4NS.2C2H6/c1-4-6-2-5(10)3-7(9(11,12)13)8(6)15-14-4;2*1-2/h2-3H,1H3;2*1-2H3. The third-order valence-corrected chi connectivity index (χ3v) is 3.01. The minimum atomic E-state index is -4.54. The molecule has 108 valence electrons. The van der Waals surface area contributed by atoms with E-state index in [-0.39, 0.29) is 10.1 Å². The van der Waals surface area contributed by atoms with Crippen molar-refractivity contribution >= 4 is 21.6 Å². The summed E-state index contributed by atoms with van der Waals surface area (Å²) in [6.45, 7) is 9.55. The molecule has 0 aliphatic rings. The predicted octanol–water partition coefficient (Wildman–Crippen LogP) is 5.82. The van der Waals surface area contributed by atoms with Crippen LogP contribution in [0.15, 0.2) is 12.1 Å². The van der Waals surface area contributed by atoms with Crippen molar-refractivity contribution in [3.63, 3.8) is 0 Å². The quantitative estimate of drug-likeness (QED) is 0.558. The molecular formula is C13H17F4NS. The molecule has 6 heteroatoms. The van der Waals surface area contributed by atoms with Crippen molar-refractivity contribution in [1.29, 1.82) is 0 Å². The maximum atomic E-state index is 13.0. The van der Waals surface area contributed by atoms with Gasteiger partial charge < -0.3 is 0 Å². The molecule has 0 saturated heterocycles. The van der Waals surface area contributed by atoms with E-state index in [1.807, 2.05) is 27.7 Å². The first kappa shape index (κ1) is 17.8. The van der Waals surface area contributed by atoms with Crippen molar-refractivity contribution in [2.24, 2.45) is 0 Å². The normalized spacial score (nSPS) is 10.4. The van der Waals surface area contributed by atoms with E-state index < -0.39 is 17.6 Å². The highest BCUT2D eigenvalue weighted by molar-refractivity contribution is 7.13. The van der Waals surface area contributed by atoms with Crippen molar-refractivity contribution < 1.29 is 17.6 Å². The highest BCUT2D eigenvalue weighted by atomic mass is 32.1. The number of alkyl halides is 3. The molecule has 1 heterocycles. The fourth-order valence-corrected chi connectivity index (χ4v) is 2.24. The maximum absolute atomic E-state index is 13.0. The van der Waals surface area contributed by atoms with E-state index in [0.29, 0.717) is 11.8 Å². The molecule has 0 saturated carbocycles. The van der Waals surface area contributed by atoms with Gasteiger partial charge in [0.15, 0.2) is 0 Å². The first-order valence-corrected chi connectivity index (χ1v) is 6.79. The second-order valence-electron chi connectivity index (χ2n) is 3.10. The van der Waals surface area contributed by atoms with Gasteiger partial charge in [-0.3, -0.25) is 0 Å². The lowest BCUT2D eigenvalue weighted by Crippen LogP contribution is -2.05. The topological polar surface area (TPSA) is 12.9 Å². The van der Waals surface area contributed by atoms with Crippen LogP contribution in [-0.4, -0.2) is 4.37 Å². The van der Waals surface area contributed by atoms with Crippen molar-refractivity contribution in [1.82, 2.24) is 4.37 Å². The Labute approximate surface area is 114 Å². The van der Waals surface area contributed by atoms with Crippen molar-refractivity contribution in [3.8, 4) is 0 Å². The van der Waals surface area contributed by atoms with Gasteiger partial charge in [0.1, 0.15) is 5.82 Å². The zero-order valence-electron chi connectivity index (χ0n) is 11.5. The van der Waals surface area contributed by atoms with Gasteiger partial charge in [0.25, 0.3) is 0 Å². The molecule has 0 aliphatic carbocycles. The molecule has 1 aromatic carbocycles. The average Bonchev–Trinajstić information content (AvgIpc) is 2.74. The third-order valence-electron chi connectivity index (χ3n) is 2.02. The lowest BCUT2D eigenvalue weighted by Gasteiger charge is -2.07. The molecule has 0 radical (unpaired) electrons. The van der Waals surface area contributed by atoms with E-state index in [1.165, 1.54) is 0 Å². The van der Waals surface area contributed by atoms with Gasteiger partial charge in [-0.05, 0) is 30.6 Å². The Kier molecular flexibility index (Phi) is 6.97. The van der Waals surface area contributed by atoms with Crippen LogP contribution in [-0.2, 0) is 6.18 Å². The SMILES string of the molecule is CC.CC.Cc1nsc2c(C(F)(F)F)cc(F)cc12. The summed E-state index contributed by atoms with van der Waals surface area (Å²) in [6.07, 6.45) is -4.54. The van der Waals surface area contributed by atoms with Crippen molar-refractivity contribution in [3.05, 3.63) is 29.2 Å². The molecule has 0 unspecified atom stereocenters. The summed E-state index contributed by atoms with van der Waals surface area (Å²) in [4.78, 5) is 0. The average molecular weight is 295 g/mol. The van der Waals surface area contributed by atoms with Gasteiger partial charge in [0, 0.05) is 5.39 Å². The molecule has 1 nitrogen and oxygen atoms in total. The smallest absolute Gasteiger partial charge is 0.207 e. The summed E-state index contributed by atoms with van der Waals surface area (Å²) >= 11 is 0.739. The lowest BCUT2D eigenvalue weighted by molar-refractivity contribution is -0.136. The Morgan fingerprint density at radius 3 is 2.05 bits per heavy atom. The van der Waals surface area contributed by atoms with Gasteiger partial charge in [0.2, 0.25) is 0 Å². The Balaban J connectivity index is 0.000000741. The summed E-state index contributed by atoms with van der Waals surface area (Å²) in [6, 6.07) is 1.57. The summed E-state index contributed by atoms with van der Waals surface area (Å²) in [5, 5.41) is 0.229. The molecule has 19 heavy (non-hydrogen) atoms. The Bertz CT molecular complexity index is 517. The van der Waals surface area contributed by atoms with Gasteiger partial charge in [-0.2, -0.15) is 17.5 Å².